The first-order valence-electron chi connectivity index (χ1n) is 11.9. The van der Waals surface area contributed by atoms with Crippen molar-refractivity contribution >= 4 is 27.8 Å². The molecule has 0 aliphatic carbocycles. The number of carbonyl (C=O) groups is 3. The standard InChI is InChI=1S/C21H32N4O4S.C2HF3O2/c1-18-6-2-3-7-19(18)21(27)24(13-5-12-23-11-4-8-20(23)26)16-17-30(28,29)25-14-9-22-10-15-25;3-2(4,5)1(6)7/h2-3,6-7,22H,4-5,8-17H2,1H3;(H,6,7). The maximum absolute atomic E-state index is 13.2. The Bertz CT molecular complexity index is 1050. The third-order valence-electron chi connectivity index (χ3n) is 6.02. The normalized spacial score (nSPS) is 16.8. The molecule has 0 radical (unpaired) electrons. The number of halogens is 3. The molecule has 2 fully saturated rings. The lowest BCUT2D eigenvalue weighted by atomic mass is 10.1. The quantitative estimate of drug-likeness (QED) is 0.475. The number of amides is 2. The zero-order chi connectivity index (χ0) is 27.6. The van der Waals surface area contributed by atoms with E-state index in [1.54, 1.807) is 11.0 Å². The second-order valence-electron chi connectivity index (χ2n) is 8.71. The third kappa shape index (κ3) is 9.59. The van der Waals surface area contributed by atoms with Gasteiger partial charge in [-0.3, -0.25) is 9.59 Å². The zero-order valence-electron chi connectivity index (χ0n) is 20.7. The van der Waals surface area contributed by atoms with Gasteiger partial charge in [-0.15, -0.1) is 0 Å². The smallest absolute Gasteiger partial charge is 0.475 e. The van der Waals surface area contributed by atoms with Gasteiger partial charge in [0.25, 0.3) is 5.91 Å². The van der Waals surface area contributed by atoms with Gasteiger partial charge in [0.1, 0.15) is 0 Å². The molecule has 0 spiro atoms. The zero-order valence-corrected chi connectivity index (χ0v) is 21.5. The maximum Gasteiger partial charge on any atom is 0.490 e. The first-order valence-corrected chi connectivity index (χ1v) is 13.5. The van der Waals surface area contributed by atoms with Crippen LogP contribution in [0.5, 0.6) is 0 Å². The van der Waals surface area contributed by atoms with Crippen LogP contribution in [-0.2, 0) is 19.6 Å². The first-order chi connectivity index (χ1) is 17.3. The SMILES string of the molecule is Cc1ccccc1C(=O)N(CCCN1CCCC1=O)CCS(=O)(=O)N1CCNCC1.O=C(O)C(F)(F)F. The maximum atomic E-state index is 13.2. The van der Waals surface area contributed by atoms with Gasteiger partial charge in [-0.25, -0.2) is 13.2 Å². The summed E-state index contributed by atoms with van der Waals surface area (Å²) in [5.74, 6) is -2.84. The van der Waals surface area contributed by atoms with Crippen molar-refractivity contribution in [3.8, 4) is 0 Å². The molecule has 2 heterocycles. The summed E-state index contributed by atoms with van der Waals surface area (Å²) in [4.78, 5) is 37.4. The predicted octanol–water partition coefficient (Wildman–Crippen LogP) is 1.32. The number of carbonyl (C=O) groups excluding carboxylic acids is 2. The number of nitrogens with one attached hydrogen (secondary N) is 1. The van der Waals surface area contributed by atoms with Gasteiger partial charge in [0.15, 0.2) is 0 Å². The minimum Gasteiger partial charge on any atom is -0.475 e. The van der Waals surface area contributed by atoms with Gasteiger partial charge in [0, 0.05) is 64.3 Å². The first kappa shape index (κ1) is 30.5. The fourth-order valence-corrected chi connectivity index (χ4v) is 5.42. The largest absolute Gasteiger partial charge is 0.490 e. The summed E-state index contributed by atoms with van der Waals surface area (Å²) in [5, 5.41) is 10.3. The number of carboxylic acid groups (broad SMARTS) is 1. The molecule has 0 unspecified atom stereocenters. The average molecular weight is 551 g/mol. The second-order valence-corrected chi connectivity index (χ2v) is 10.8. The van der Waals surface area contributed by atoms with Crippen molar-refractivity contribution in [2.45, 2.75) is 32.4 Å². The number of hydrogen-bond acceptors (Lipinski definition) is 6. The van der Waals surface area contributed by atoms with E-state index in [4.69, 9.17) is 9.90 Å². The lowest BCUT2D eigenvalue weighted by Crippen LogP contribution is -2.48. The minimum absolute atomic E-state index is 0.0900. The van der Waals surface area contributed by atoms with E-state index in [1.807, 2.05) is 30.0 Å². The number of likely N-dealkylation sites (tertiary alicyclic amines) is 1. The molecule has 2 saturated heterocycles. The number of aryl methyl sites for hydroxylation is 1. The molecule has 0 bridgehead atoms. The van der Waals surface area contributed by atoms with Crippen LogP contribution < -0.4 is 5.32 Å². The van der Waals surface area contributed by atoms with Crippen molar-refractivity contribution in [1.29, 1.82) is 0 Å². The molecule has 14 heteroatoms. The van der Waals surface area contributed by atoms with Crippen LogP contribution in [0, 0.1) is 6.92 Å². The summed E-state index contributed by atoms with van der Waals surface area (Å²) in [6.07, 6.45) is -2.97. The lowest BCUT2D eigenvalue weighted by molar-refractivity contribution is -0.192. The highest BCUT2D eigenvalue weighted by atomic mass is 32.2. The number of carboxylic acids is 1. The Morgan fingerprint density at radius 1 is 1.11 bits per heavy atom. The van der Waals surface area contributed by atoms with E-state index >= 15 is 0 Å². The van der Waals surface area contributed by atoms with Gasteiger partial charge in [0.2, 0.25) is 15.9 Å². The van der Waals surface area contributed by atoms with E-state index in [1.165, 1.54) is 4.31 Å². The van der Waals surface area contributed by atoms with Crippen molar-refractivity contribution < 1.29 is 41.1 Å². The number of alkyl halides is 3. The summed E-state index contributed by atoms with van der Waals surface area (Å²) in [6.45, 7) is 6.04. The number of rotatable bonds is 9. The lowest BCUT2D eigenvalue weighted by Gasteiger charge is -2.29. The van der Waals surface area contributed by atoms with Gasteiger partial charge in [-0.05, 0) is 31.4 Å². The third-order valence-corrected chi connectivity index (χ3v) is 7.87. The molecule has 10 nitrogen and oxygen atoms in total. The molecule has 2 N–H and O–H groups in total. The number of benzene rings is 1. The van der Waals surface area contributed by atoms with Crippen LogP contribution >= 0.6 is 0 Å². The van der Waals surface area contributed by atoms with Crippen LogP contribution in [0.3, 0.4) is 0 Å². The number of piperazine rings is 1. The minimum atomic E-state index is -5.08. The monoisotopic (exact) mass is 550 g/mol. The highest BCUT2D eigenvalue weighted by Gasteiger charge is 2.38. The Morgan fingerprint density at radius 3 is 2.27 bits per heavy atom. The van der Waals surface area contributed by atoms with E-state index in [2.05, 4.69) is 5.32 Å². The molecular weight excluding hydrogens is 517 g/mol. The van der Waals surface area contributed by atoms with Crippen molar-refractivity contribution in [3.63, 3.8) is 0 Å². The van der Waals surface area contributed by atoms with Crippen molar-refractivity contribution in [1.82, 2.24) is 19.4 Å². The molecule has 1 aromatic rings. The predicted molar refractivity (Wildman–Crippen MR) is 129 cm³/mol. The van der Waals surface area contributed by atoms with Crippen LogP contribution in [0.15, 0.2) is 24.3 Å². The Labute approximate surface area is 214 Å². The second kappa shape index (κ2) is 13.7. The van der Waals surface area contributed by atoms with Gasteiger partial charge >= 0.3 is 12.1 Å². The fourth-order valence-electron chi connectivity index (χ4n) is 3.97. The summed E-state index contributed by atoms with van der Waals surface area (Å²) < 4.78 is 58.7. The van der Waals surface area contributed by atoms with Crippen molar-refractivity contribution in [2.75, 3.05) is 58.1 Å². The van der Waals surface area contributed by atoms with Crippen LogP contribution in [0.4, 0.5) is 13.2 Å². The van der Waals surface area contributed by atoms with Crippen LogP contribution in [0.25, 0.3) is 0 Å². The average Bonchev–Trinajstić information content (AvgIpc) is 3.26. The Balaban J connectivity index is 0.000000604. The van der Waals surface area contributed by atoms with Gasteiger partial charge in [0.05, 0.1) is 5.75 Å². The van der Waals surface area contributed by atoms with Gasteiger partial charge in [-0.1, -0.05) is 18.2 Å². The van der Waals surface area contributed by atoms with Gasteiger partial charge < -0.3 is 20.2 Å². The van der Waals surface area contributed by atoms with E-state index in [0.717, 1.165) is 18.5 Å². The Kier molecular flexibility index (Phi) is 11.3. The molecule has 1 aromatic carbocycles. The molecule has 2 aliphatic heterocycles. The van der Waals surface area contributed by atoms with Crippen LogP contribution in [0.1, 0.15) is 35.2 Å². The molecule has 208 valence electrons. The number of aliphatic carboxylic acids is 1. The molecular formula is C23H33F3N4O6S. The molecule has 0 atom stereocenters. The number of sulfonamides is 1. The summed E-state index contributed by atoms with van der Waals surface area (Å²) in [7, 11) is -3.42. The summed E-state index contributed by atoms with van der Waals surface area (Å²) in [6, 6.07) is 7.36. The Hall–Kier alpha value is -2.71. The van der Waals surface area contributed by atoms with E-state index in [9.17, 15) is 31.2 Å². The number of nitrogens with zero attached hydrogens (tertiary/aromatic N) is 3. The molecule has 2 aliphatic rings. The highest BCUT2D eigenvalue weighted by molar-refractivity contribution is 7.89. The van der Waals surface area contributed by atoms with E-state index in [0.29, 0.717) is 57.7 Å². The highest BCUT2D eigenvalue weighted by Crippen LogP contribution is 2.15. The molecule has 37 heavy (non-hydrogen) atoms. The van der Waals surface area contributed by atoms with Crippen molar-refractivity contribution in [2.24, 2.45) is 0 Å². The van der Waals surface area contributed by atoms with Crippen LogP contribution in [-0.4, -0.2) is 110 Å². The van der Waals surface area contributed by atoms with Crippen LogP contribution in [0.2, 0.25) is 0 Å². The topological polar surface area (TPSA) is 127 Å². The van der Waals surface area contributed by atoms with E-state index in [-0.39, 0.29) is 24.1 Å². The number of hydrogen-bond donors (Lipinski definition) is 2. The van der Waals surface area contributed by atoms with E-state index < -0.39 is 22.2 Å². The molecule has 0 saturated carbocycles. The van der Waals surface area contributed by atoms with Crippen molar-refractivity contribution in [3.05, 3.63) is 35.4 Å². The molecule has 3 rings (SSSR count). The van der Waals surface area contributed by atoms with Gasteiger partial charge in [-0.2, -0.15) is 17.5 Å². The fraction of sp³-hybridized carbons (Fsp3) is 0.609. The Morgan fingerprint density at radius 2 is 1.73 bits per heavy atom. The summed E-state index contributed by atoms with van der Waals surface area (Å²) in [5.41, 5.74) is 1.46. The molecule has 2 amide bonds. The molecule has 0 aromatic heterocycles. The summed E-state index contributed by atoms with van der Waals surface area (Å²) >= 11 is 0.